The highest BCUT2D eigenvalue weighted by atomic mass is 127. The van der Waals surface area contributed by atoms with E-state index in [0.29, 0.717) is 12.2 Å². The van der Waals surface area contributed by atoms with Crippen LogP contribution in [0.1, 0.15) is 24.2 Å². The average molecular weight is 515 g/mol. The molecular weight excluding hydrogens is 488 g/mol. The molecule has 0 radical (unpaired) electrons. The topological polar surface area (TPSA) is 71.8 Å². The molecule has 2 aromatic rings. The fourth-order valence-corrected chi connectivity index (χ4v) is 3.50. The molecule has 1 aromatic carbocycles. The minimum Gasteiger partial charge on any atom is -0.469 e. The Morgan fingerprint density at radius 3 is 2.66 bits per heavy atom. The van der Waals surface area contributed by atoms with E-state index in [9.17, 15) is 9.18 Å². The molecule has 1 saturated heterocycles. The standard InChI is InChI=1S/C20H26FN5O2.HI/c1-14-23-8-11-26(14)18-5-4-15(12-17(18)21)13-24-20(22-2)25-9-6-16(7-10-25)19(27)28-3;/h4-5,8,11-12,16H,6-7,9-10,13H2,1-3H3,(H,22,24);1H. The molecule has 2 heterocycles. The molecule has 158 valence electrons. The number of nitrogens with zero attached hydrogens (tertiary/aromatic N) is 4. The summed E-state index contributed by atoms with van der Waals surface area (Å²) in [6, 6.07) is 5.17. The first-order valence-electron chi connectivity index (χ1n) is 9.35. The zero-order chi connectivity index (χ0) is 20.1. The molecule has 3 rings (SSSR count). The van der Waals surface area contributed by atoms with Crippen LogP contribution in [0.5, 0.6) is 0 Å². The molecule has 1 fully saturated rings. The highest BCUT2D eigenvalue weighted by Gasteiger charge is 2.26. The first-order chi connectivity index (χ1) is 13.5. The largest absolute Gasteiger partial charge is 0.469 e. The Kier molecular flexibility index (Phi) is 8.42. The van der Waals surface area contributed by atoms with E-state index in [-0.39, 0.29) is 41.7 Å². The molecule has 0 amide bonds. The molecule has 1 aromatic heterocycles. The summed E-state index contributed by atoms with van der Waals surface area (Å²) in [6.45, 7) is 3.76. The van der Waals surface area contributed by atoms with E-state index in [1.165, 1.54) is 13.2 Å². The van der Waals surface area contributed by atoms with Gasteiger partial charge in [0, 0.05) is 39.1 Å². The first-order valence-corrected chi connectivity index (χ1v) is 9.35. The number of rotatable bonds is 4. The smallest absolute Gasteiger partial charge is 0.308 e. The van der Waals surface area contributed by atoms with Gasteiger partial charge in [0.1, 0.15) is 11.6 Å². The second-order valence-corrected chi connectivity index (χ2v) is 6.82. The van der Waals surface area contributed by atoms with Crippen LogP contribution in [0.3, 0.4) is 0 Å². The molecule has 0 spiro atoms. The second kappa shape index (κ2) is 10.6. The van der Waals surface area contributed by atoms with Crippen molar-refractivity contribution in [2.75, 3.05) is 27.2 Å². The van der Waals surface area contributed by atoms with Crippen molar-refractivity contribution in [2.45, 2.75) is 26.3 Å². The van der Waals surface area contributed by atoms with E-state index in [4.69, 9.17) is 4.74 Å². The van der Waals surface area contributed by atoms with Gasteiger partial charge in [-0.3, -0.25) is 9.79 Å². The summed E-state index contributed by atoms with van der Waals surface area (Å²) in [5.41, 5.74) is 1.30. The average Bonchev–Trinajstić information content (AvgIpc) is 3.14. The highest BCUT2D eigenvalue weighted by molar-refractivity contribution is 14.0. The van der Waals surface area contributed by atoms with E-state index in [1.54, 1.807) is 30.1 Å². The molecule has 29 heavy (non-hydrogen) atoms. The second-order valence-electron chi connectivity index (χ2n) is 6.82. The summed E-state index contributed by atoms with van der Waals surface area (Å²) in [5.74, 6) is 0.993. The molecule has 1 aliphatic rings. The number of methoxy groups -OCH3 is 1. The number of ether oxygens (including phenoxy) is 1. The van der Waals surface area contributed by atoms with E-state index in [2.05, 4.69) is 20.2 Å². The summed E-state index contributed by atoms with van der Waals surface area (Å²) < 4.78 is 21.1. The van der Waals surface area contributed by atoms with Gasteiger partial charge in [-0.15, -0.1) is 24.0 Å². The quantitative estimate of drug-likeness (QED) is 0.294. The molecule has 0 bridgehead atoms. The third kappa shape index (κ3) is 5.46. The fraction of sp³-hybridized carbons (Fsp3) is 0.450. The normalized spacial score (nSPS) is 15.0. The Hall–Kier alpha value is -2.17. The summed E-state index contributed by atoms with van der Waals surface area (Å²) in [5, 5.41) is 3.28. The van der Waals surface area contributed by atoms with Crippen LogP contribution in [0.25, 0.3) is 5.69 Å². The maximum atomic E-state index is 14.5. The lowest BCUT2D eigenvalue weighted by Gasteiger charge is -2.33. The lowest BCUT2D eigenvalue weighted by atomic mass is 9.97. The van der Waals surface area contributed by atoms with E-state index in [0.717, 1.165) is 43.3 Å². The molecule has 7 nitrogen and oxygen atoms in total. The van der Waals surface area contributed by atoms with Crippen molar-refractivity contribution in [3.05, 3.63) is 47.8 Å². The number of hydrogen-bond acceptors (Lipinski definition) is 4. The van der Waals surface area contributed by atoms with Crippen LogP contribution in [0, 0.1) is 18.7 Å². The van der Waals surface area contributed by atoms with Crippen LogP contribution in [-0.2, 0) is 16.1 Å². The van der Waals surface area contributed by atoms with Crippen LogP contribution in [0.15, 0.2) is 35.6 Å². The van der Waals surface area contributed by atoms with Crippen LogP contribution in [0.2, 0.25) is 0 Å². The number of aryl methyl sites for hydroxylation is 1. The Morgan fingerprint density at radius 2 is 2.10 bits per heavy atom. The number of guanidine groups is 1. The Bertz CT molecular complexity index is 862. The molecule has 0 aliphatic carbocycles. The number of nitrogens with one attached hydrogen (secondary N) is 1. The number of likely N-dealkylation sites (tertiary alicyclic amines) is 1. The van der Waals surface area contributed by atoms with Gasteiger partial charge in [-0.1, -0.05) is 6.07 Å². The number of aromatic nitrogens is 2. The summed E-state index contributed by atoms with van der Waals surface area (Å²) in [6.07, 6.45) is 4.87. The van der Waals surface area contributed by atoms with Crippen molar-refractivity contribution >= 4 is 35.9 Å². The molecule has 1 aliphatic heterocycles. The first kappa shape index (κ1) is 23.1. The lowest BCUT2D eigenvalue weighted by Crippen LogP contribution is -2.46. The summed E-state index contributed by atoms with van der Waals surface area (Å²) >= 11 is 0. The third-order valence-corrected chi connectivity index (χ3v) is 5.09. The Morgan fingerprint density at radius 1 is 1.38 bits per heavy atom. The zero-order valence-electron chi connectivity index (χ0n) is 16.9. The van der Waals surface area contributed by atoms with Gasteiger partial charge in [0.15, 0.2) is 5.96 Å². The van der Waals surface area contributed by atoms with E-state index < -0.39 is 0 Å². The number of esters is 1. The predicted octanol–water partition coefficient (Wildman–Crippen LogP) is 2.90. The van der Waals surface area contributed by atoms with Gasteiger partial charge in [-0.2, -0.15) is 0 Å². The maximum Gasteiger partial charge on any atom is 0.308 e. The van der Waals surface area contributed by atoms with Crippen molar-refractivity contribution in [1.82, 2.24) is 19.8 Å². The van der Waals surface area contributed by atoms with Crippen molar-refractivity contribution in [3.8, 4) is 5.69 Å². The Labute approximate surface area is 187 Å². The number of halogens is 2. The predicted molar refractivity (Wildman–Crippen MR) is 120 cm³/mol. The van der Waals surface area contributed by atoms with Crippen molar-refractivity contribution in [3.63, 3.8) is 0 Å². The SMILES string of the molecule is CN=C(NCc1ccc(-n2ccnc2C)c(F)c1)N1CCC(C(=O)OC)CC1.I. The van der Waals surface area contributed by atoms with Crippen LogP contribution < -0.4 is 5.32 Å². The molecule has 0 unspecified atom stereocenters. The Balaban J connectivity index is 0.00000300. The number of carbonyl (C=O) groups is 1. The number of imidazole rings is 1. The molecular formula is C20H27FIN5O2. The number of benzene rings is 1. The van der Waals surface area contributed by atoms with Gasteiger partial charge in [-0.25, -0.2) is 9.37 Å². The van der Waals surface area contributed by atoms with E-state index in [1.807, 2.05) is 13.0 Å². The molecule has 0 saturated carbocycles. The number of aliphatic imine (C=N–C) groups is 1. The summed E-state index contributed by atoms with van der Waals surface area (Å²) in [4.78, 5) is 22.2. The van der Waals surface area contributed by atoms with E-state index >= 15 is 0 Å². The number of hydrogen-bond donors (Lipinski definition) is 1. The fourth-order valence-electron chi connectivity index (χ4n) is 3.50. The molecule has 0 atom stereocenters. The lowest BCUT2D eigenvalue weighted by molar-refractivity contribution is -0.146. The van der Waals surface area contributed by atoms with Gasteiger partial charge < -0.3 is 19.5 Å². The van der Waals surface area contributed by atoms with Gasteiger partial charge in [-0.05, 0) is 37.5 Å². The monoisotopic (exact) mass is 515 g/mol. The summed E-state index contributed by atoms with van der Waals surface area (Å²) in [7, 11) is 3.15. The van der Waals surface area contributed by atoms with Crippen LogP contribution in [-0.4, -0.2) is 53.6 Å². The van der Waals surface area contributed by atoms with Crippen molar-refractivity contribution < 1.29 is 13.9 Å². The van der Waals surface area contributed by atoms with Gasteiger partial charge in [0.05, 0.1) is 18.7 Å². The third-order valence-electron chi connectivity index (χ3n) is 5.09. The van der Waals surface area contributed by atoms with Crippen LogP contribution >= 0.6 is 24.0 Å². The van der Waals surface area contributed by atoms with Gasteiger partial charge in [0.2, 0.25) is 0 Å². The molecule has 1 N–H and O–H groups in total. The van der Waals surface area contributed by atoms with Gasteiger partial charge >= 0.3 is 5.97 Å². The minimum absolute atomic E-state index is 0. The van der Waals surface area contributed by atoms with Crippen molar-refractivity contribution in [2.24, 2.45) is 10.9 Å². The molecule has 9 heteroatoms. The minimum atomic E-state index is -0.297. The zero-order valence-corrected chi connectivity index (χ0v) is 19.2. The number of carbonyl (C=O) groups excluding carboxylic acids is 1. The highest BCUT2D eigenvalue weighted by Crippen LogP contribution is 2.19. The van der Waals surface area contributed by atoms with Crippen molar-refractivity contribution in [1.29, 1.82) is 0 Å². The van der Waals surface area contributed by atoms with Gasteiger partial charge in [0.25, 0.3) is 0 Å². The van der Waals surface area contributed by atoms with Crippen LogP contribution in [0.4, 0.5) is 4.39 Å². The maximum absolute atomic E-state index is 14.5. The number of piperidine rings is 1.